The molecule has 0 heterocycles. The number of allylic oxidation sites excluding steroid dienone is 1. The second-order valence-electron chi connectivity index (χ2n) is 6.82. The van der Waals surface area contributed by atoms with Gasteiger partial charge in [-0.25, -0.2) is 0 Å². The van der Waals surface area contributed by atoms with Crippen LogP contribution in [0.3, 0.4) is 0 Å². The average Bonchev–Trinajstić information content (AvgIpc) is 2.22. The first-order valence-electron chi connectivity index (χ1n) is 6.84. The zero-order valence-corrected chi connectivity index (χ0v) is 11.6. The maximum Gasteiger partial charge on any atom is 0.0634 e. The van der Waals surface area contributed by atoms with Gasteiger partial charge in [0.25, 0.3) is 0 Å². The molecular weight excluding hydrogens is 212 g/mol. The number of hydrogen-bond donors (Lipinski definition) is 2. The van der Waals surface area contributed by atoms with Gasteiger partial charge in [0.15, 0.2) is 0 Å². The van der Waals surface area contributed by atoms with Gasteiger partial charge < -0.3 is 10.2 Å². The quantitative estimate of drug-likeness (QED) is 0.689. The molecule has 1 fully saturated rings. The van der Waals surface area contributed by atoms with Crippen LogP contribution in [0.4, 0.5) is 0 Å². The first-order valence-corrected chi connectivity index (χ1v) is 6.84. The monoisotopic (exact) mass is 238 g/mol. The molecule has 2 rings (SSSR count). The highest BCUT2D eigenvalue weighted by Crippen LogP contribution is 2.52. The molecule has 3 atom stereocenters. The number of aliphatic hydroxyl groups is 2. The van der Waals surface area contributed by atoms with E-state index in [-0.39, 0.29) is 11.5 Å². The summed E-state index contributed by atoms with van der Waals surface area (Å²) in [6.07, 6.45) is 4.72. The van der Waals surface area contributed by atoms with Crippen molar-refractivity contribution in [1.82, 2.24) is 0 Å². The Bertz CT molecular complexity index is 337. The van der Waals surface area contributed by atoms with Crippen molar-refractivity contribution in [2.24, 2.45) is 11.3 Å². The van der Waals surface area contributed by atoms with Gasteiger partial charge in [0.05, 0.1) is 11.7 Å². The first kappa shape index (κ1) is 13.1. The van der Waals surface area contributed by atoms with Crippen molar-refractivity contribution in [2.45, 2.75) is 71.5 Å². The first-order chi connectivity index (χ1) is 7.75. The number of rotatable bonds is 1. The van der Waals surface area contributed by atoms with Crippen molar-refractivity contribution in [3.05, 3.63) is 11.1 Å². The van der Waals surface area contributed by atoms with E-state index < -0.39 is 5.60 Å². The van der Waals surface area contributed by atoms with Crippen LogP contribution in [0, 0.1) is 11.3 Å². The summed E-state index contributed by atoms with van der Waals surface area (Å²) in [4.78, 5) is 0. The lowest BCUT2D eigenvalue weighted by Gasteiger charge is -2.49. The van der Waals surface area contributed by atoms with E-state index in [1.165, 1.54) is 11.1 Å². The van der Waals surface area contributed by atoms with Crippen LogP contribution in [0.25, 0.3) is 0 Å². The fourth-order valence-corrected chi connectivity index (χ4v) is 3.66. The lowest BCUT2D eigenvalue weighted by Crippen LogP contribution is -2.45. The lowest BCUT2D eigenvalue weighted by atomic mass is 9.58. The van der Waals surface area contributed by atoms with Gasteiger partial charge in [-0.2, -0.15) is 0 Å². The van der Waals surface area contributed by atoms with Crippen LogP contribution in [0.2, 0.25) is 0 Å². The van der Waals surface area contributed by atoms with Crippen molar-refractivity contribution >= 4 is 0 Å². The minimum Gasteiger partial charge on any atom is -0.392 e. The molecule has 0 aromatic rings. The summed E-state index contributed by atoms with van der Waals surface area (Å²) in [6.45, 7) is 8.23. The fraction of sp³-hybridized carbons (Fsp3) is 0.867. The van der Waals surface area contributed by atoms with Gasteiger partial charge in [0.1, 0.15) is 0 Å². The standard InChI is InChI=1S/C15H26O2/c1-10-5-6-13(16)15(4)8-7-11(9-12(10)15)14(2,3)17/h11,13,16-17H,5-9H2,1-4H3/t11-,13-,15-/m1/s1. The van der Waals surface area contributed by atoms with Gasteiger partial charge in [-0.1, -0.05) is 18.1 Å². The number of hydrogen-bond acceptors (Lipinski definition) is 2. The van der Waals surface area contributed by atoms with Crippen LogP contribution in [0.15, 0.2) is 11.1 Å². The molecule has 0 aromatic heterocycles. The highest BCUT2D eigenvalue weighted by atomic mass is 16.3. The Morgan fingerprint density at radius 2 is 1.94 bits per heavy atom. The van der Waals surface area contributed by atoms with Crippen molar-refractivity contribution < 1.29 is 10.2 Å². The SMILES string of the molecule is CC1=C2C[C@H](C(C)(C)O)CC[C@@]2(C)[C@H](O)CC1. The Morgan fingerprint density at radius 3 is 2.53 bits per heavy atom. The molecule has 0 spiro atoms. The molecule has 0 bridgehead atoms. The van der Waals surface area contributed by atoms with Crippen molar-refractivity contribution in [3.8, 4) is 0 Å². The molecule has 2 aliphatic rings. The van der Waals surface area contributed by atoms with Gasteiger partial charge in [-0.15, -0.1) is 0 Å². The van der Waals surface area contributed by atoms with Gasteiger partial charge in [-0.3, -0.25) is 0 Å². The van der Waals surface area contributed by atoms with E-state index >= 15 is 0 Å². The maximum atomic E-state index is 10.3. The van der Waals surface area contributed by atoms with Crippen molar-refractivity contribution in [1.29, 1.82) is 0 Å². The van der Waals surface area contributed by atoms with Gasteiger partial charge in [0.2, 0.25) is 0 Å². The van der Waals surface area contributed by atoms with Crippen LogP contribution < -0.4 is 0 Å². The fourth-order valence-electron chi connectivity index (χ4n) is 3.66. The maximum absolute atomic E-state index is 10.3. The Balaban J connectivity index is 2.29. The van der Waals surface area contributed by atoms with Crippen LogP contribution in [0.5, 0.6) is 0 Å². The summed E-state index contributed by atoms with van der Waals surface area (Å²) >= 11 is 0. The summed E-state index contributed by atoms with van der Waals surface area (Å²) in [5.74, 6) is 0.339. The Hall–Kier alpha value is -0.340. The molecule has 17 heavy (non-hydrogen) atoms. The third-order valence-electron chi connectivity index (χ3n) is 5.19. The van der Waals surface area contributed by atoms with E-state index in [1.54, 1.807) is 0 Å². The molecule has 0 saturated heterocycles. The van der Waals surface area contributed by atoms with E-state index in [9.17, 15) is 10.2 Å². The van der Waals surface area contributed by atoms with Crippen LogP contribution in [-0.4, -0.2) is 21.9 Å². The molecule has 2 aliphatic carbocycles. The van der Waals surface area contributed by atoms with E-state index in [2.05, 4.69) is 13.8 Å². The Labute approximate surface area is 105 Å². The van der Waals surface area contributed by atoms with Crippen LogP contribution in [0.1, 0.15) is 59.8 Å². The topological polar surface area (TPSA) is 40.5 Å². The molecule has 0 aromatic carbocycles. The molecule has 0 amide bonds. The Morgan fingerprint density at radius 1 is 1.29 bits per heavy atom. The van der Waals surface area contributed by atoms with E-state index in [1.807, 2.05) is 13.8 Å². The highest BCUT2D eigenvalue weighted by molar-refractivity contribution is 5.28. The van der Waals surface area contributed by atoms with E-state index in [4.69, 9.17) is 0 Å². The largest absolute Gasteiger partial charge is 0.392 e. The predicted octanol–water partition coefficient (Wildman–Crippen LogP) is 3.03. The zero-order chi connectivity index (χ0) is 12.8. The molecular formula is C15H26O2. The number of aliphatic hydroxyl groups excluding tert-OH is 1. The molecule has 0 unspecified atom stereocenters. The summed E-state index contributed by atoms with van der Waals surface area (Å²) in [5.41, 5.74) is 2.25. The molecule has 98 valence electrons. The van der Waals surface area contributed by atoms with Gasteiger partial charge in [-0.05, 0) is 58.8 Å². The van der Waals surface area contributed by atoms with E-state index in [0.717, 1.165) is 32.1 Å². The number of fused-ring (bicyclic) bond motifs is 1. The third kappa shape index (κ3) is 2.17. The summed E-state index contributed by atoms with van der Waals surface area (Å²) in [6, 6.07) is 0. The predicted molar refractivity (Wildman–Crippen MR) is 69.7 cm³/mol. The molecule has 2 nitrogen and oxygen atoms in total. The summed E-state index contributed by atoms with van der Waals surface area (Å²) in [7, 11) is 0. The van der Waals surface area contributed by atoms with Gasteiger partial charge in [0, 0.05) is 5.41 Å². The third-order valence-corrected chi connectivity index (χ3v) is 5.19. The zero-order valence-electron chi connectivity index (χ0n) is 11.6. The normalized spacial score (nSPS) is 39.2. The van der Waals surface area contributed by atoms with Crippen molar-refractivity contribution in [3.63, 3.8) is 0 Å². The average molecular weight is 238 g/mol. The van der Waals surface area contributed by atoms with Crippen LogP contribution >= 0.6 is 0 Å². The van der Waals surface area contributed by atoms with Crippen molar-refractivity contribution in [2.75, 3.05) is 0 Å². The highest BCUT2D eigenvalue weighted by Gasteiger charge is 2.46. The molecule has 2 N–H and O–H groups in total. The van der Waals surface area contributed by atoms with E-state index in [0.29, 0.717) is 5.92 Å². The second kappa shape index (κ2) is 4.10. The second-order valence-corrected chi connectivity index (χ2v) is 6.82. The molecule has 1 saturated carbocycles. The Kier molecular flexibility index (Phi) is 3.16. The molecule has 2 heteroatoms. The minimum atomic E-state index is -0.600. The summed E-state index contributed by atoms with van der Waals surface area (Å²) in [5, 5.41) is 20.5. The minimum absolute atomic E-state index is 0.0237. The smallest absolute Gasteiger partial charge is 0.0634 e. The van der Waals surface area contributed by atoms with Crippen LogP contribution in [-0.2, 0) is 0 Å². The summed E-state index contributed by atoms with van der Waals surface area (Å²) < 4.78 is 0. The molecule has 0 aliphatic heterocycles. The lowest BCUT2D eigenvalue weighted by molar-refractivity contribution is -0.0308. The molecule has 0 radical (unpaired) electrons. The van der Waals surface area contributed by atoms with Gasteiger partial charge >= 0.3 is 0 Å².